The highest BCUT2D eigenvalue weighted by Gasteiger charge is 2.28. The molecule has 0 saturated carbocycles. The number of halogens is 1. The largest absolute Gasteiger partial charge is 0.508 e. The van der Waals surface area contributed by atoms with Crippen LogP contribution in [0, 0.1) is 11.7 Å². The van der Waals surface area contributed by atoms with Gasteiger partial charge in [0.15, 0.2) is 0 Å². The standard InChI is InChI=1S/C15H22FNO/c1-10-6-7-17(11(2)8-10)12(3)14-9-13(16)4-5-15(14)18/h4-5,9-12,18H,6-8H2,1-3H3. The first kappa shape index (κ1) is 13.3. The molecule has 0 amide bonds. The lowest BCUT2D eigenvalue weighted by Gasteiger charge is -2.40. The maximum atomic E-state index is 13.3. The van der Waals surface area contributed by atoms with Crippen molar-refractivity contribution in [3.05, 3.63) is 29.6 Å². The molecule has 0 spiro atoms. The van der Waals surface area contributed by atoms with Gasteiger partial charge in [-0.15, -0.1) is 0 Å². The van der Waals surface area contributed by atoms with Gasteiger partial charge in [-0.25, -0.2) is 4.39 Å². The van der Waals surface area contributed by atoms with Crippen LogP contribution in [0.1, 0.15) is 45.2 Å². The fourth-order valence-corrected chi connectivity index (χ4v) is 3.04. The SMILES string of the molecule is CC1CCN(C(C)c2cc(F)ccc2O)C(C)C1. The van der Waals surface area contributed by atoms with Crippen LogP contribution in [0.4, 0.5) is 4.39 Å². The van der Waals surface area contributed by atoms with Crippen LogP contribution in [0.3, 0.4) is 0 Å². The topological polar surface area (TPSA) is 23.5 Å². The Kier molecular flexibility index (Phi) is 3.91. The summed E-state index contributed by atoms with van der Waals surface area (Å²) < 4.78 is 13.3. The normalized spacial score (nSPS) is 27.1. The number of piperidine rings is 1. The summed E-state index contributed by atoms with van der Waals surface area (Å²) >= 11 is 0. The van der Waals surface area contributed by atoms with Gasteiger partial charge in [-0.1, -0.05) is 6.92 Å². The maximum Gasteiger partial charge on any atom is 0.123 e. The molecule has 2 rings (SSSR count). The summed E-state index contributed by atoms with van der Waals surface area (Å²) in [5.74, 6) is 0.659. The number of hydrogen-bond donors (Lipinski definition) is 1. The number of phenolic OH excluding ortho intramolecular Hbond substituents is 1. The van der Waals surface area contributed by atoms with Crippen LogP contribution in [-0.4, -0.2) is 22.6 Å². The second-order valence-corrected chi connectivity index (χ2v) is 5.60. The van der Waals surface area contributed by atoms with Crippen LogP contribution >= 0.6 is 0 Å². The molecule has 1 saturated heterocycles. The molecule has 0 aromatic heterocycles. The molecule has 2 nitrogen and oxygen atoms in total. The summed E-state index contributed by atoms with van der Waals surface area (Å²) in [6, 6.07) is 4.73. The average molecular weight is 251 g/mol. The van der Waals surface area contributed by atoms with Crippen LogP contribution < -0.4 is 0 Å². The molecule has 3 atom stereocenters. The lowest BCUT2D eigenvalue weighted by molar-refractivity contribution is 0.0881. The molecule has 3 unspecified atom stereocenters. The highest BCUT2D eigenvalue weighted by atomic mass is 19.1. The van der Waals surface area contributed by atoms with Crippen LogP contribution in [0.25, 0.3) is 0 Å². The number of phenols is 1. The smallest absolute Gasteiger partial charge is 0.123 e. The molecule has 1 heterocycles. The van der Waals surface area contributed by atoms with Crippen molar-refractivity contribution in [1.82, 2.24) is 4.90 Å². The van der Waals surface area contributed by atoms with Crippen molar-refractivity contribution >= 4 is 0 Å². The summed E-state index contributed by atoms with van der Waals surface area (Å²) in [5, 5.41) is 9.88. The predicted molar refractivity (Wildman–Crippen MR) is 71.0 cm³/mol. The molecule has 1 aromatic carbocycles. The predicted octanol–water partition coefficient (Wildman–Crippen LogP) is 3.71. The fraction of sp³-hybridized carbons (Fsp3) is 0.600. The number of hydrogen-bond acceptors (Lipinski definition) is 2. The van der Waals surface area contributed by atoms with Crippen molar-refractivity contribution in [3.8, 4) is 5.75 Å². The highest BCUT2D eigenvalue weighted by Crippen LogP contribution is 2.34. The highest BCUT2D eigenvalue weighted by molar-refractivity contribution is 5.35. The molecule has 1 N–H and O–H groups in total. The summed E-state index contributed by atoms with van der Waals surface area (Å²) in [4.78, 5) is 2.36. The van der Waals surface area contributed by atoms with Gasteiger partial charge < -0.3 is 5.11 Å². The first-order valence-corrected chi connectivity index (χ1v) is 6.73. The van der Waals surface area contributed by atoms with Gasteiger partial charge in [0.25, 0.3) is 0 Å². The monoisotopic (exact) mass is 251 g/mol. The van der Waals surface area contributed by atoms with Crippen LogP contribution in [-0.2, 0) is 0 Å². The van der Waals surface area contributed by atoms with Gasteiger partial charge >= 0.3 is 0 Å². The van der Waals surface area contributed by atoms with Crippen LogP contribution in [0.5, 0.6) is 5.75 Å². The molecular formula is C15H22FNO. The van der Waals surface area contributed by atoms with E-state index in [0.29, 0.717) is 11.6 Å². The minimum Gasteiger partial charge on any atom is -0.508 e. The van der Waals surface area contributed by atoms with Crippen molar-refractivity contribution in [3.63, 3.8) is 0 Å². The summed E-state index contributed by atoms with van der Waals surface area (Å²) in [7, 11) is 0. The molecule has 1 aliphatic heterocycles. The van der Waals surface area contributed by atoms with Gasteiger partial charge in [0.05, 0.1) is 0 Å². The van der Waals surface area contributed by atoms with Crippen molar-refractivity contribution in [2.75, 3.05) is 6.54 Å². The number of nitrogens with zero attached hydrogens (tertiary/aromatic N) is 1. The first-order chi connectivity index (χ1) is 8.49. The third-order valence-corrected chi connectivity index (χ3v) is 4.13. The second kappa shape index (κ2) is 5.27. The minimum atomic E-state index is -0.285. The number of benzene rings is 1. The quantitative estimate of drug-likeness (QED) is 0.866. The Morgan fingerprint density at radius 1 is 1.39 bits per heavy atom. The molecule has 1 fully saturated rings. The number of rotatable bonds is 2. The molecule has 0 aliphatic carbocycles. The average Bonchev–Trinajstić information content (AvgIpc) is 2.31. The Labute approximate surface area is 108 Å². The summed E-state index contributed by atoms with van der Waals surface area (Å²) in [6.07, 6.45) is 2.34. The third kappa shape index (κ3) is 2.66. The van der Waals surface area contributed by atoms with E-state index in [0.717, 1.165) is 12.5 Å². The number of likely N-dealkylation sites (tertiary alicyclic amines) is 1. The molecule has 1 aliphatic rings. The van der Waals surface area contributed by atoms with Gasteiger partial charge in [-0.3, -0.25) is 4.90 Å². The van der Waals surface area contributed by atoms with Gasteiger partial charge in [0.2, 0.25) is 0 Å². The van der Waals surface area contributed by atoms with Crippen molar-refractivity contribution < 1.29 is 9.50 Å². The van der Waals surface area contributed by atoms with Crippen molar-refractivity contribution in [1.29, 1.82) is 0 Å². The van der Waals surface area contributed by atoms with Crippen molar-refractivity contribution in [2.45, 2.75) is 45.7 Å². The van der Waals surface area contributed by atoms with E-state index in [1.54, 1.807) is 0 Å². The van der Waals surface area contributed by atoms with E-state index in [9.17, 15) is 9.50 Å². The lowest BCUT2D eigenvalue weighted by Crippen LogP contribution is -2.41. The Balaban J connectivity index is 2.20. The van der Waals surface area contributed by atoms with E-state index in [-0.39, 0.29) is 17.6 Å². The lowest BCUT2D eigenvalue weighted by atomic mass is 9.91. The first-order valence-electron chi connectivity index (χ1n) is 6.73. The molecule has 0 bridgehead atoms. The molecule has 0 radical (unpaired) electrons. The Morgan fingerprint density at radius 3 is 2.78 bits per heavy atom. The molecule has 1 aromatic rings. The van der Waals surface area contributed by atoms with E-state index in [4.69, 9.17) is 0 Å². The zero-order valence-electron chi connectivity index (χ0n) is 11.4. The van der Waals surface area contributed by atoms with E-state index < -0.39 is 0 Å². The summed E-state index contributed by atoms with van der Waals surface area (Å²) in [6.45, 7) is 7.54. The van der Waals surface area contributed by atoms with Gasteiger partial charge in [-0.05, 0) is 57.4 Å². The number of aromatic hydroxyl groups is 1. The Bertz CT molecular complexity index is 421. The van der Waals surface area contributed by atoms with E-state index in [1.165, 1.54) is 31.0 Å². The van der Waals surface area contributed by atoms with E-state index in [2.05, 4.69) is 18.7 Å². The second-order valence-electron chi connectivity index (χ2n) is 5.60. The molecular weight excluding hydrogens is 229 g/mol. The maximum absolute atomic E-state index is 13.3. The van der Waals surface area contributed by atoms with Gasteiger partial charge in [0, 0.05) is 17.6 Å². The minimum absolute atomic E-state index is 0.0585. The third-order valence-electron chi connectivity index (χ3n) is 4.13. The van der Waals surface area contributed by atoms with Crippen LogP contribution in [0.15, 0.2) is 18.2 Å². The zero-order valence-corrected chi connectivity index (χ0v) is 11.4. The Hall–Kier alpha value is -1.09. The molecule has 100 valence electrons. The van der Waals surface area contributed by atoms with E-state index >= 15 is 0 Å². The molecule has 18 heavy (non-hydrogen) atoms. The van der Waals surface area contributed by atoms with E-state index in [1.807, 2.05) is 6.92 Å². The van der Waals surface area contributed by atoms with Crippen LogP contribution in [0.2, 0.25) is 0 Å². The van der Waals surface area contributed by atoms with Gasteiger partial charge in [-0.2, -0.15) is 0 Å². The Morgan fingerprint density at radius 2 is 2.11 bits per heavy atom. The van der Waals surface area contributed by atoms with Gasteiger partial charge in [0.1, 0.15) is 11.6 Å². The summed E-state index contributed by atoms with van der Waals surface area (Å²) in [5.41, 5.74) is 0.691. The molecule has 3 heteroatoms. The fourth-order valence-electron chi connectivity index (χ4n) is 3.04. The van der Waals surface area contributed by atoms with Crippen molar-refractivity contribution in [2.24, 2.45) is 5.92 Å². The zero-order chi connectivity index (χ0) is 13.3.